The average Bonchev–Trinajstić information content (AvgIpc) is 3.17. The third-order valence-electron chi connectivity index (χ3n) is 3.58. The topological polar surface area (TPSA) is 85.1 Å². The van der Waals surface area contributed by atoms with E-state index in [1.165, 1.54) is 25.7 Å². The first-order valence-corrected chi connectivity index (χ1v) is 6.79. The Balaban J connectivity index is 2.00. The number of aromatic nitrogens is 2. The molecule has 0 unspecified atom stereocenters. The molecule has 4 N–H and O–H groups in total. The smallest absolute Gasteiger partial charge is 0.158 e. The van der Waals surface area contributed by atoms with Crippen molar-refractivity contribution in [1.82, 2.24) is 9.97 Å². The van der Waals surface area contributed by atoms with Crippen molar-refractivity contribution in [2.45, 2.75) is 39.2 Å². The van der Waals surface area contributed by atoms with Gasteiger partial charge in [-0.15, -0.1) is 0 Å². The minimum absolute atomic E-state index is 0.379. The summed E-state index contributed by atoms with van der Waals surface area (Å²) in [4.78, 5) is 8.65. The van der Waals surface area contributed by atoms with Crippen molar-refractivity contribution in [3.8, 4) is 0 Å². The molecule has 0 aromatic carbocycles. The van der Waals surface area contributed by atoms with Crippen molar-refractivity contribution in [2.75, 3.05) is 24.4 Å². The highest BCUT2D eigenvalue weighted by molar-refractivity contribution is 5.47. The summed E-state index contributed by atoms with van der Waals surface area (Å²) >= 11 is 0. The minimum atomic E-state index is 0.379. The number of hydrazine groups is 1. The lowest BCUT2D eigenvalue weighted by Gasteiger charge is -2.16. The fourth-order valence-corrected chi connectivity index (χ4v) is 2.36. The summed E-state index contributed by atoms with van der Waals surface area (Å²) in [5, 5.41) is 3.40. The Bertz CT molecular complexity index is 419. The van der Waals surface area contributed by atoms with Gasteiger partial charge in [0, 0.05) is 19.7 Å². The average molecular weight is 265 g/mol. The fourth-order valence-electron chi connectivity index (χ4n) is 2.36. The van der Waals surface area contributed by atoms with Crippen LogP contribution in [0.5, 0.6) is 0 Å². The number of rotatable bonds is 8. The molecule has 0 amide bonds. The summed E-state index contributed by atoms with van der Waals surface area (Å²) in [5.74, 6) is 7.45. The van der Waals surface area contributed by atoms with E-state index in [9.17, 15) is 0 Å². The molecule has 1 aliphatic carbocycles. The van der Waals surface area contributed by atoms with Gasteiger partial charge in [-0.05, 0) is 24.7 Å². The van der Waals surface area contributed by atoms with Crippen molar-refractivity contribution in [3.63, 3.8) is 0 Å². The number of methoxy groups -OCH3 is 1. The van der Waals surface area contributed by atoms with E-state index in [-0.39, 0.29) is 0 Å². The second kappa shape index (κ2) is 6.16. The predicted molar refractivity (Wildman–Crippen MR) is 75.6 cm³/mol. The molecule has 2 rings (SSSR count). The van der Waals surface area contributed by atoms with E-state index in [0.29, 0.717) is 23.7 Å². The van der Waals surface area contributed by atoms with Gasteiger partial charge in [0.1, 0.15) is 18.2 Å². The highest BCUT2D eigenvalue weighted by Gasteiger charge is 2.41. The predicted octanol–water partition coefficient (Wildman–Crippen LogP) is 1.90. The molecule has 1 fully saturated rings. The van der Waals surface area contributed by atoms with Crippen molar-refractivity contribution >= 4 is 11.6 Å². The molecule has 19 heavy (non-hydrogen) atoms. The third kappa shape index (κ3) is 3.78. The molecule has 106 valence electrons. The fraction of sp³-hybridized carbons (Fsp3) is 0.692. The van der Waals surface area contributed by atoms with Gasteiger partial charge in [-0.3, -0.25) is 0 Å². The zero-order valence-electron chi connectivity index (χ0n) is 11.7. The van der Waals surface area contributed by atoms with Gasteiger partial charge >= 0.3 is 0 Å². The lowest BCUT2D eigenvalue weighted by atomic mass is 10.0. The quantitative estimate of drug-likeness (QED) is 0.492. The van der Waals surface area contributed by atoms with E-state index in [4.69, 9.17) is 10.6 Å². The van der Waals surface area contributed by atoms with Gasteiger partial charge in [0.2, 0.25) is 0 Å². The second-order valence-corrected chi connectivity index (χ2v) is 5.24. The standard InChI is InChI=1S/C13H23N5O/c1-3-4-13(5-6-13)9-15-10-7-11(18-14)17-12(16-10)8-19-2/h7H,3-6,8-9,14H2,1-2H3,(H2,15,16,17,18). The molecule has 0 atom stereocenters. The molecule has 6 heteroatoms. The number of hydrogen-bond acceptors (Lipinski definition) is 6. The zero-order valence-corrected chi connectivity index (χ0v) is 11.7. The minimum Gasteiger partial charge on any atom is -0.377 e. The molecule has 0 aliphatic heterocycles. The lowest BCUT2D eigenvalue weighted by Crippen LogP contribution is -2.18. The van der Waals surface area contributed by atoms with E-state index >= 15 is 0 Å². The summed E-state index contributed by atoms with van der Waals surface area (Å²) in [6, 6.07) is 1.82. The van der Waals surface area contributed by atoms with E-state index in [0.717, 1.165) is 12.4 Å². The van der Waals surface area contributed by atoms with Gasteiger partial charge in [-0.1, -0.05) is 13.3 Å². The maximum Gasteiger partial charge on any atom is 0.158 e. The van der Waals surface area contributed by atoms with Gasteiger partial charge in [-0.2, -0.15) is 0 Å². The van der Waals surface area contributed by atoms with E-state index in [2.05, 4.69) is 27.6 Å². The normalized spacial score (nSPS) is 16.2. The number of ether oxygens (including phenoxy) is 1. The molecule has 0 saturated heterocycles. The Morgan fingerprint density at radius 2 is 2.11 bits per heavy atom. The Labute approximate surface area is 114 Å². The first-order valence-electron chi connectivity index (χ1n) is 6.79. The van der Waals surface area contributed by atoms with Crippen LogP contribution in [0.15, 0.2) is 6.07 Å². The van der Waals surface area contributed by atoms with Crippen molar-refractivity contribution in [3.05, 3.63) is 11.9 Å². The van der Waals surface area contributed by atoms with Crippen LogP contribution in [-0.4, -0.2) is 23.6 Å². The number of nitrogens with two attached hydrogens (primary N) is 1. The van der Waals surface area contributed by atoms with E-state index < -0.39 is 0 Å². The van der Waals surface area contributed by atoms with Crippen molar-refractivity contribution in [2.24, 2.45) is 11.3 Å². The monoisotopic (exact) mass is 265 g/mol. The molecule has 6 nitrogen and oxygen atoms in total. The Morgan fingerprint density at radius 1 is 1.37 bits per heavy atom. The van der Waals surface area contributed by atoms with Gasteiger partial charge in [0.05, 0.1) is 0 Å². The number of nitrogens with zero attached hydrogens (tertiary/aromatic N) is 2. The molecule has 1 aromatic heterocycles. The largest absolute Gasteiger partial charge is 0.377 e. The Morgan fingerprint density at radius 3 is 2.68 bits per heavy atom. The summed E-state index contributed by atoms with van der Waals surface area (Å²) in [5.41, 5.74) is 3.04. The van der Waals surface area contributed by atoms with Crippen LogP contribution >= 0.6 is 0 Å². The Kier molecular flexibility index (Phi) is 4.55. The molecule has 1 aromatic rings. The van der Waals surface area contributed by atoms with Gasteiger partial charge in [0.15, 0.2) is 5.82 Å². The van der Waals surface area contributed by atoms with Crippen molar-refractivity contribution in [1.29, 1.82) is 0 Å². The van der Waals surface area contributed by atoms with Crippen LogP contribution in [0.3, 0.4) is 0 Å². The first kappa shape index (κ1) is 14.0. The highest BCUT2D eigenvalue weighted by atomic mass is 16.5. The van der Waals surface area contributed by atoms with Gasteiger partial charge in [-0.25, -0.2) is 15.8 Å². The van der Waals surface area contributed by atoms with Gasteiger partial charge in [0.25, 0.3) is 0 Å². The SMILES string of the molecule is CCCC1(CNc2cc(NN)nc(COC)n2)CC1. The number of anilines is 2. The van der Waals surface area contributed by atoms with Crippen LogP contribution in [0.1, 0.15) is 38.4 Å². The number of nitrogen functional groups attached to an aromatic ring is 1. The van der Waals surface area contributed by atoms with Crippen LogP contribution in [-0.2, 0) is 11.3 Å². The number of nitrogens with one attached hydrogen (secondary N) is 2. The third-order valence-corrected chi connectivity index (χ3v) is 3.58. The van der Waals surface area contributed by atoms with E-state index in [1.54, 1.807) is 7.11 Å². The van der Waals surface area contributed by atoms with E-state index in [1.807, 2.05) is 6.07 Å². The van der Waals surface area contributed by atoms with Crippen LogP contribution in [0, 0.1) is 5.41 Å². The first-order chi connectivity index (χ1) is 9.21. The van der Waals surface area contributed by atoms with Crippen LogP contribution < -0.4 is 16.6 Å². The Hall–Kier alpha value is -1.40. The second-order valence-electron chi connectivity index (χ2n) is 5.24. The highest BCUT2D eigenvalue weighted by Crippen LogP contribution is 2.49. The lowest BCUT2D eigenvalue weighted by molar-refractivity contribution is 0.178. The molecule has 0 radical (unpaired) electrons. The summed E-state index contributed by atoms with van der Waals surface area (Å²) < 4.78 is 5.06. The molecule has 1 aliphatic rings. The van der Waals surface area contributed by atoms with Crippen LogP contribution in [0.2, 0.25) is 0 Å². The molecule has 0 spiro atoms. The maximum absolute atomic E-state index is 5.42. The molecule has 1 saturated carbocycles. The summed E-state index contributed by atoms with van der Waals surface area (Å²) in [6.07, 6.45) is 5.13. The number of hydrogen-bond donors (Lipinski definition) is 3. The molecular weight excluding hydrogens is 242 g/mol. The maximum atomic E-state index is 5.42. The zero-order chi connectivity index (χ0) is 13.7. The van der Waals surface area contributed by atoms with Crippen molar-refractivity contribution < 1.29 is 4.74 Å². The van der Waals surface area contributed by atoms with Crippen LogP contribution in [0.25, 0.3) is 0 Å². The molecular formula is C13H23N5O. The summed E-state index contributed by atoms with van der Waals surface area (Å²) in [6.45, 7) is 3.58. The summed E-state index contributed by atoms with van der Waals surface area (Å²) in [7, 11) is 1.62. The van der Waals surface area contributed by atoms with Gasteiger partial charge < -0.3 is 15.5 Å². The molecule has 1 heterocycles. The molecule has 0 bridgehead atoms. The van der Waals surface area contributed by atoms with Crippen LogP contribution in [0.4, 0.5) is 11.6 Å².